The highest BCUT2D eigenvalue weighted by Crippen LogP contribution is 2.39. The second-order valence-corrected chi connectivity index (χ2v) is 4.37. The highest BCUT2D eigenvalue weighted by Gasteiger charge is 2.50. The van der Waals surface area contributed by atoms with Crippen molar-refractivity contribution in [2.75, 3.05) is 7.11 Å². The van der Waals surface area contributed by atoms with E-state index in [9.17, 15) is 22.8 Å². The molecule has 0 spiro atoms. The van der Waals surface area contributed by atoms with E-state index >= 15 is 0 Å². The van der Waals surface area contributed by atoms with Crippen LogP contribution in [-0.2, 0) is 30.8 Å². The molecule has 108 valence electrons. The fourth-order valence-corrected chi connectivity index (χ4v) is 2.13. The molecule has 7 heteroatoms. The number of esters is 2. The Labute approximate surface area is 112 Å². The zero-order valence-electron chi connectivity index (χ0n) is 10.5. The lowest BCUT2D eigenvalue weighted by Gasteiger charge is -2.25. The lowest BCUT2D eigenvalue weighted by atomic mass is 9.90. The third-order valence-electron chi connectivity index (χ3n) is 3.16. The maximum atomic E-state index is 12.5. The molecule has 0 saturated carbocycles. The van der Waals surface area contributed by atoms with Crippen molar-refractivity contribution in [1.29, 1.82) is 0 Å². The number of hydrogen-bond acceptors (Lipinski definition) is 4. The Morgan fingerprint density at radius 3 is 2.30 bits per heavy atom. The predicted molar refractivity (Wildman–Crippen MR) is 60.5 cm³/mol. The van der Waals surface area contributed by atoms with E-state index in [1.54, 1.807) is 0 Å². The van der Waals surface area contributed by atoms with Gasteiger partial charge in [-0.1, -0.05) is 12.1 Å². The van der Waals surface area contributed by atoms with Gasteiger partial charge in [-0.25, -0.2) is 4.79 Å². The lowest BCUT2D eigenvalue weighted by molar-refractivity contribution is -0.173. The molecular weight excluding hydrogens is 277 g/mol. The number of alkyl halides is 3. The largest absolute Gasteiger partial charge is 0.466 e. The zero-order valence-corrected chi connectivity index (χ0v) is 10.5. The lowest BCUT2D eigenvalue weighted by Crippen LogP contribution is -2.36. The van der Waals surface area contributed by atoms with Crippen LogP contribution in [0.15, 0.2) is 24.3 Å². The van der Waals surface area contributed by atoms with E-state index in [0.717, 1.165) is 31.4 Å². The van der Waals surface area contributed by atoms with Gasteiger partial charge in [-0.3, -0.25) is 4.79 Å². The zero-order chi connectivity index (χ0) is 15.0. The molecule has 0 aromatic heterocycles. The van der Waals surface area contributed by atoms with Gasteiger partial charge in [0.1, 0.15) is 0 Å². The van der Waals surface area contributed by atoms with Gasteiger partial charge >= 0.3 is 18.1 Å². The van der Waals surface area contributed by atoms with E-state index in [1.165, 1.54) is 0 Å². The molecule has 0 amide bonds. The quantitative estimate of drug-likeness (QED) is 0.784. The van der Waals surface area contributed by atoms with Crippen LogP contribution < -0.4 is 0 Å². The molecule has 1 fully saturated rings. The van der Waals surface area contributed by atoms with Gasteiger partial charge in [0.15, 0.2) is 0 Å². The molecule has 0 radical (unpaired) electrons. The minimum absolute atomic E-state index is 0.0100. The van der Waals surface area contributed by atoms with Crippen LogP contribution >= 0.6 is 0 Å². The van der Waals surface area contributed by atoms with Gasteiger partial charge in [0.25, 0.3) is 0 Å². The molecule has 20 heavy (non-hydrogen) atoms. The van der Waals surface area contributed by atoms with Crippen molar-refractivity contribution in [3.8, 4) is 0 Å². The number of halogens is 3. The van der Waals surface area contributed by atoms with Crippen LogP contribution in [0.25, 0.3) is 0 Å². The van der Waals surface area contributed by atoms with Crippen molar-refractivity contribution in [2.45, 2.75) is 24.6 Å². The smallest absolute Gasteiger partial charge is 0.416 e. The predicted octanol–water partition coefficient (Wildman–Crippen LogP) is 2.41. The van der Waals surface area contributed by atoms with Gasteiger partial charge in [0, 0.05) is 12.0 Å². The number of carbonyl (C=O) groups is 2. The summed E-state index contributed by atoms with van der Waals surface area (Å²) < 4.78 is 47.1. The first kappa shape index (κ1) is 14.4. The van der Waals surface area contributed by atoms with E-state index < -0.39 is 29.3 Å². The topological polar surface area (TPSA) is 52.6 Å². The maximum Gasteiger partial charge on any atom is 0.416 e. The van der Waals surface area contributed by atoms with Crippen molar-refractivity contribution < 1.29 is 32.2 Å². The fraction of sp³-hybridized carbons (Fsp3) is 0.385. The van der Waals surface area contributed by atoms with E-state index in [4.69, 9.17) is 4.74 Å². The van der Waals surface area contributed by atoms with Gasteiger partial charge in [-0.15, -0.1) is 0 Å². The molecule has 0 N–H and O–H groups in total. The average molecular weight is 288 g/mol. The number of cyclic esters (lactones) is 1. The molecule has 1 unspecified atom stereocenters. The SMILES string of the molecule is COC(=O)C1(c2ccc(C(F)(F)F)cc2)CCC(=O)O1. The standard InChI is InChI=1S/C13H11F3O4/c1-19-11(18)12(7-6-10(17)20-12)8-2-4-9(5-3-8)13(14,15)16/h2-5H,6-7H2,1H3. The van der Waals surface area contributed by atoms with E-state index in [0.29, 0.717) is 0 Å². The Kier molecular flexibility index (Phi) is 3.45. The van der Waals surface area contributed by atoms with E-state index in [-0.39, 0.29) is 18.4 Å². The molecule has 1 aliphatic heterocycles. The van der Waals surface area contributed by atoms with Crippen molar-refractivity contribution in [3.05, 3.63) is 35.4 Å². The Balaban J connectivity index is 2.41. The molecule has 4 nitrogen and oxygen atoms in total. The first-order chi connectivity index (χ1) is 9.29. The highest BCUT2D eigenvalue weighted by atomic mass is 19.4. The Morgan fingerprint density at radius 2 is 1.90 bits per heavy atom. The van der Waals surface area contributed by atoms with Gasteiger partial charge in [0.05, 0.1) is 19.1 Å². The van der Waals surface area contributed by atoms with Crippen molar-refractivity contribution in [1.82, 2.24) is 0 Å². The van der Waals surface area contributed by atoms with Gasteiger partial charge < -0.3 is 9.47 Å². The van der Waals surface area contributed by atoms with Crippen LogP contribution in [0.4, 0.5) is 13.2 Å². The molecule has 1 atom stereocenters. The first-order valence-electron chi connectivity index (χ1n) is 5.77. The second-order valence-electron chi connectivity index (χ2n) is 4.37. The van der Waals surface area contributed by atoms with Crippen molar-refractivity contribution in [3.63, 3.8) is 0 Å². The van der Waals surface area contributed by atoms with Crippen LogP contribution in [0.5, 0.6) is 0 Å². The molecule has 2 rings (SSSR count). The maximum absolute atomic E-state index is 12.5. The van der Waals surface area contributed by atoms with Crippen LogP contribution in [0.2, 0.25) is 0 Å². The van der Waals surface area contributed by atoms with Crippen molar-refractivity contribution in [2.24, 2.45) is 0 Å². The third-order valence-corrected chi connectivity index (χ3v) is 3.16. The van der Waals surface area contributed by atoms with Gasteiger partial charge in [-0.2, -0.15) is 13.2 Å². The van der Waals surface area contributed by atoms with Crippen LogP contribution in [0.1, 0.15) is 24.0 Å². The number of rotatable bonds is 2. The highest BCUT2D eigenvalue weighted by molar-refractivity contribution is 5.88. The monoisotopic (exact) mass is 288 g/mol. The summed E-state index contributed by atoms with van der Waals surface area (Å²) in [5, 5.41) is 0. The minimum Gasteiger partial charge on any atom is -0.466 e. The van der Waals surface area contributed by atoms with Crippen molar-refractivity contribution >= 4 is 11.9 Å². The molecule has 0 bridgehead atoms. The molecule has 1 aromatic carbocycles. The number of benzene rings is 1. The van der Waals surface area contributed by atoms with Crippen LogP contribution in [0.3, 0.4) is 0 Å². The van der Waals surface area contributed by atoms with E-state index in [1.807, 2.05) is 0 Å². The summed E-state index contributed by atoms with van der Waals surface area (Å²) in [7, 11) is 1.13. The summed E-state index contributed by atoms with van der Waals surface area (Å²) in [6.45, 7) is 0. The Morgan fingerprint density at radius 1 is 1.30 bits per heavy atom. The molecular formula is C13H11F3O4. The number of carbonyl (C=O) groups excluding carboxylic acids is 2. The summed E-state index contributed by atoms with van der Waals surface area (Å²) in [6.07, 6.45) is -4.41. The molecule has 1 saturated heterocycles. The number of methoxy groups -OCH3 is 1. The van der Waals surface area contributed by atoms with Gasteiger partial charge in [0.2, 0.25) is 5.60 Å². The first-order valence-corrected chi connectivity index (χ1v) is 5.77. The Bertz CT molecular complexity index is 536. The second kappa shape index (κ2) is 4.81. The summed E-state index contributed by atoms with van der Waals surface area (Å²) in [4.78, 5) is 23.1. The molecule has 1 aliphatic rings. The van der Waals surface area contributed by atoms with Crippen LogP contribution in [0, 0.1) is 0 Å². The van der Waals surface area contributed by atoms with Gasteiger partial charge in [-0.05, 0) is 12.1 Å². The molecule has 1 heterocycles. The third kappa shape index (κ3) is 2.35. The van der Waals surface area contributed by atoms with Crippen LogP contribution in [-0.4, -0.2) is 19.0 Å². The Hall–Kier alpha value is -2.05. The minimum atomic E-state index is -4.47. The summed E-state index contributed by atoms with van der Waals surface area (Å²) >= 11 is 0. The van der Waals surface area contributed by atoms with E-state index in [2.05, 4.69) is 4.74 Å². The number of hydrogen-bond donors (Lipinski definition) is 0. The fourth-order valence-electron chi connectivity index (χ4n) is 2.13. The molecule has 0 aliphatic carbocycles. The summed E-state index contributed by atoms with van der Waals surface area (Å²) in [5.41, 5.74) is -2.32. The normalized spacial score (nSPS) is 22.5. The average Bonchev–Trinajstić information content (AvgIpc) is 2.80. The number of ether oxygens (including phenoxy) is 2. The molecule has 1 aromatic rings. The summed E-state index contributed by atoms with van der Waals surface area (Å²) in [6, 6.07) is 3.93. The summed E-state index contributed by atoms with van der Waals surface area (Å²) in [5.74, 6) is -1.39.